The van der Waals surface area contributed by atoms with E-state index in [0.717, 1.165) is 17.7 Å². The maximum absolute atomic E-state index is 12.0. The van der Waals surface area contributed by atoms with E-state index in [2.05, 4.69) is 10.2 Å². The van der Waals surface area contributed by atoms with Crippen molar-refractivity contribution in [2.45, 2.75) is 13.0 Å². The number of rotatable bonds is 6. The Hall–Kier alpha value is -2.15. The van der Waals surface area contributed by atoms with Gasteiger partial charge in [0.2, 0.25) is 0 Å². The molecule has 0 saturated carbocycles. The summed E-state index contributed by atoms with van der Waals surface area (Å²) in [5, 5.41) is 8.30. The van der Waals surface area contributed by atoms with Crippen molar-refractivity contribution in [1.29, 1.82) is 0 Å². The molecule has 0 saturated heterocycles. The van der Waals surface area contributed by atoms with E-state index in [0.29, 0.717) is 19.6 Å². The van der Waals surface area contributed by atoms with E-state index in [1.165, 1.54) is 4.68 Å². The van der Waals surface area contributed by atoms with Gasteiger partial charge in [-0.3, -0.25) is 9.48 Å². The Morgan fingerprint density at radius 3 is 2.75 bits per heavy atom. The summed E-state index contributed by atoms with van der Waals surface area (Å²) in [5.41, 5.74) is 7.27. The van der Waals surface area contributed by atoms with Crippen LogP contribution >= 0.6 is 0 Å². The van der Waals surface area contributed by atoms with Crippen molar-refractivity contribution in [2.24, 2.45) is 12.8 Å². The van der Waals surface area contributed by atoms with Gasteiger partial charge in [0.15, 0.2) is 0 Å². The first-order valence-electron chi connectivity index (χ1n) is 6.56. The molecule has 0 aliphatic rings. The average Bonchev–Trinajstić information content (AvgIpc) is 2.83. The lowest BCUT2D eigenvalue weighted by Gasteiger charge is -2.17. The summed E-state index contributed by atoms with van der Waals surface area (Å²) < 4.78 is 3.21. The number of hydrogen-bond acceptors (Lipinski definition) is 5. The number of anilines is 1. The van der Waals surface area contributed by atoms with Crippen molar-refractivity contribution < 1.29 is 0 Å². The molecule has 2 N–H and O–H groups in total. The van der Waals surface area contributed by atoms with Crippen LogP contribution in [-0.2, 0) is 20.0 Å². The zero-order valence-corrected chi connectivity index (χ0v) is 11.9. The lowest BCUT2D eigenvalue weighted by atomic mass is 10.2. The fourth-order valence-corrected chi connectivity index (χ4v) is 1.96. The summed E-state index contributed by atoms with van der Waals surface area (Å²) in [6.45, 7) is 1.78. The summed E-state index contributed by atoms with van der Waals surface area (Å²) >= 11 is 0. The van der Waals surface area contributed by atoms with E-state index >= 15 is 0 Å². The highest BCUT2D eigenvalue weighted by atomic mass is 16.1. The third-order valence-corrected chi connectivity index (χ3v) is 3.13. The molecule has 2 aromatic heterocycles. The lowest BCUT2D eigenvalue weighted by molar-refractivity contribution is 0.577. The maximum Gasteiger partial charge on any atom is 0.268 e. The van der Waals surface area contributed by atoms with E-state index in [1.807, 2.05) is 25.2 Å². The second kappa shape index (κ2) is 6.33. The standard InChI is InChI=1S/C13H20N6O/c1-17(6-4-14)12-7-13(20)19(16-9-12)5-3-11-8-15-18(2)10-11/h7-10H,3-6,14H2,1-2H3. The summed E-state index contributed by atoms with van der Waals surface area (Å²) in [6, 6.07) is 1.59. The van der Waals surface area contributed by atoms with Crippen LogP contribution in [0.4, 0.5) is 5.69 Å². The van der Waals surface area contributed by atoms with Crippen molar-refractivity contribution in [3.05, 3.63) is 40.6 Å². The van der Waals surface area contributed by atoms with Crippen LogP contribution in [0.3, 0.4) is 0 Å². The van der Waals surface area contributed by atoms with Gasteiger partial charge in [-0.2, -0.15) is 10.2 Å². The fourth-order valence-electron chi connectivity index (χ4n) is 1.96. The third-order valence-electron chi connectivity index (χ3n) is 3.13. The molecule has 20 heavy (non-hydrogen) atoms. The number of nitrogens with zero attached hydrogens (tertiary/aromatic N) is 5. The maximum atomic E-state index is 12.0. The lowest BCUT2D eigenvalue weighted by Crippen LogP contribution is -2.29. The Labute approximate surface area is 117 Å². The van der Waals surface area contributed by atoms with E-state index in [1.54, 1.807) is 23.1 Å². The van der Waals surface area contributed by atoms with Crippen LogP contribution in [-0.4, -0.2) is 39.7 Å². The molecular formula is C13H20N6O. The zero-order valence-electron chi connectivity index (χ0n) is 11.9. The topological polar surface area (TPSA) is 82.0 Å². The largest absolute Gasteiger partial charge is 0.372 e. The SMILES string of the molecule is CN(CCN)c1cnn(CCc2cnn(C)c2)c(=O)c1. The Morgan fingerprint density at radius 2 is 2.15 bits per heavy atom. The van der Waals surface area contributed by atoms with Crippen LogP contribution < -0.4 is 16.2 Å². The van der Waals surface area contributed by atoms with Gasteiger partial charge in [0.25, 0.3) is 5.56 Å². The van der Waals surface area contributed by atoms with Crippen LogP contribution in [0.15, 0.2) is 29.5 Å². The monoisotopic (exact) mass is 276 g/mol. The van der Waals surface area contributed by atoms with E-state index < -0.39 is 0 Å². The highest BCUT2D eigenvalue weighted by Gasteiger charge is 2.05. The molecule has 7 nitrogen and oxygen atoms in total. The second-order valence-corrected chi connectivity index (χ2v) is 4.76. The molecule has 0 spiro atoms. The van der Waals surface area contributed by atoms with Crippen molar-refractivity contribution in [2.75, 3.05) is 25.0 Å². The molecule has 2 heterocycles. The van der Waals surface area contributed by atoms with Crippen LogP contribution in [0.25, 0.3) is 0 Å². The van der Waals surface area contributed by atoms with Crippen LogP contribution in [0.2, 0.25) is 0 Å². The van der Waals surface area contributed by atoms with Gasteiger partial charge in [0, 0.05) is 46.0 Å². The molecule has 0 aromatic carbocycles. The molecule has 108 valence electrons. The van der Waals surface area contributed by atoms with Gasteiger partial charge in [0.1, 0.15) is 0 Å². The van der Waals surface area contributed by atoms with Crippen LogP contribution in [0, 0.1) is 0 Å². The summed E-state index contributed by atoms with van der Waals surface area (Å²) in [6.07, 6.45) is 6.17. The van der Waals surface area contributed by atoms with E-state index in [-0.39, 0.29) is 5.56 Å². The average molecular weight is 276 g/mol. The summed E-state index contributed by atoms with van der Waals surface area (Å²) in [4.78, 5) is 13.9. The summed E-state index contributed by atoms with van der Waals surface area (Å²) in [7, 11) is 3.76. The van der Waals surface area contributed by atoms with Gasteiger partial charge in [-0.25, -0.2) is 4.68 Å². The van der Waals surface area contributed by atoms with Gasteiger partial charge < -0.3 is 10.6 Å². The number of aryl methyl sites for hydroxylation is 3. The second-order valence-electron chi connectivity index (χ2n) is 4.76. The minimum Gasteiger partial charge on any atom is -0.372 e. The molecule has 0 aliphatic carbocycles. The van der Waals surface area contributed by atoms with Crippen molar-refractivity contribution >= 4 is 5.69 Å². The molecule has 0 fully saturated rings. The molecule has 7 heteroatoms. The molecule has 0 unspecified atom stereocenters. The smallest absolute Gasteiger partial charge is 0.268 e. The Balaban J connectivity index is 2.04. The minimum atomic E-state index is -0.102. The van der Waals surface area contributed by atoms with E-state index in [4.69, 9.17) is 5.73 Å². The van der Waals surface area contributed by atoms with Crippen LogP contribution in [0.1, 0.15) is 5.56 Å². The first kappa shape index (κ1) is 14.3. The Morgan fingerprint density at radius 1 is 1.35 bits per heavy atom. The first-order chi connectivity index (χ1) is 9.60. The predicted octanol–water partition coefficient (Wildman–Crippen LogP) is -0.386. The third kappa shape index (κ3) is 3.45. The molecular weight excluding hydrogens is 256 g/mol. The Bertz CT molecular complexity index is 617. The predicted molar refractivity (Wildman–Crippen MR) is 77.7 cm³/mol. The van der Waals surface area contributed by atoms with Crippen molar-refractivity contribution in [1.82, 2.24) is 19.6 Å². The normalized spacial score (nSPS) is 10.8. The van der Waals surface area contributed by atoms with Gasteiger partial charge in [-0.15, -0.1) is 0 Å². The molecule has 0 atom stereocenters. The molecule has 0 amide bonds. The van der Waals surface area contributed by atoms with Crippen LogP contribution in [0.5, 0.6) is 0 Å². The molecule has 0 aliphatic heterocycles. The molecule has 2 aromatic rings. The first-order valence-corrected chi connectivity index (χ1v) is 6.56. The Kier molecular flexibility index (Phi) is 4.52. The number of hydrogen-bond donors (Lipinski definition) is 1. The van der Waals surface area contributed by atoms with Gasteiger partial charge in [0.05, 0.1) is 18.1 Å². The highest BCUT2D eigenvalue weighted by Crippen LogP contribution is 2.06. The van der Waals surface area contributed by atoms with Crippen molar-refractivity contribution in [3.8, 4) is 0 Å². The molecule has 0 radical (unpaired) electrons. The number of aromatic nitrogens is 4. The summed E-state index contributed by atoms with van der Waals surface area (Å²) in [5.74, 6) is 0. The van der Waals surface area contributed by atoms with Crippen molar-refractivity contribution in [3.63, 3.8) is 0 Å². The van der Waals surface area contributed by atoms with E-state index in [9.17, 15) is 4.79 Å². The molecule has 0 bridgehead atoms. The minimum absolute atomic E-state index is 0.102. The number of likely N-dealkylation sites (N-methyl/N-ethyl adjacent to an activating group) is 1. The fraction of sp³-hybridized carbons (Fsp3) is 0.462. The van der Waals surface area contributed by atoms with Gasteiger partial charge in [-0.05, 0) is 12.0 Å². The molecule has 2 rings (SSSR count). The van der Waals surface area contributed by atoms with Gasteiger partial charge >= 0.3 is 0 Å². The highest BCUT2D eigenvalue weighted by molar-refractivity contribution is 5.41. The zero-order chi connectivity index (χ0) is 14.5. The quantitative estimate of drug-likeness (QED) is 0.777. The number of nitrogens with two attached hydrogens (primary N) is 1. The van der Waals surface area contributed by atoms with Gasteiger partial charge in [-0.1, -0.05) is 0 Å².